The lowest BCUT2D eigenvalue weighted by Crippen LogP contribution is -2.60. The van der Waals surface area contributed by atoms with E-state index >= 15 is 0 Å². The Morgan fingerprint density at radius 1 is 0.640 bits per heavy atom. The first kappa shape index (κ1) is 35.1. The number of hydrogen-bond acceptors (Lipinski definition) is 5. The molecule has 4 aromatic carbocycles. The molecule has 50 heavy (non-hydrogen) atoms. The Balaban J connectivity index is 1.06. The van der Waals surface area contributed by atoms with Gasteiger partial charge in [0.15, 0.2) is 0 Å². The lowest BCUT2D eigenvalue weighted by molar-refractivity contribution is 0.0299. The van der Waals surface area contributed by atoms with Gasteiger partial charge in [0.1, 0.15) is 0 Å². The van der Waals surface area contributed by atoms with Crippen molar-refractivity contribution in [1.29, 1.82) is 0 Å². The van der Waals surface area contributed by atoms with Crippen molar-refractivity contribution in [1.82, 2.24) is 24.9 Å². The second-order valence-electron chi connectivity index (χ2n) is 15.3. The first-order valence-electron chi connectivity index (χ1n) is 19.5. The summed E-state index contributed by atoms with van der Waals surface area (Å²) in [5, 5.41) is 3.70. The topological polar surface area (TPSA) is 25.0 Å². The number of aryl methyl sites for hydroxylation is 1. The van der Waals surface area contributed by atoms with Crippen LogP contribution in [0.15, 0.2) is 115 Å². The Hall–Kier alpha value is -3.32. The second-order valence-corrected chi connectivity index (χ2v) is 15.3. The number of nitrogens with zero attached hydrogens (tertiary/aromatic N) is 4. The van der Waals surface area contributed by atoms with Crippen molar-refractivity contribution in [2.45, 2.75) is 69.6 Å². The van der Waals surface area contributed by atoms with Crippen molar-refractivity contribution >= 4 is 0 Å². The van der Waals surface area contributed by atoms with Gasteiger partial charge < -0.3 is 5.32 Å². The molecule has 4 aromatic rings. The van der Waals surface area contributed by atoms with Gasteiger partial charge in [-0.3, -0.25) is 19.6 Å². The molecule has 0 radical (unpaired) electrons. The van der Waals surface area contributed by atoms with Crippen LogP contribution in [0.5, 0.6) is 0 Å². The van der Waals surface area contributed by atoms with Gasteiger partial charge in [0, 0.05) is 83.1 Å². The molecular weight excluding hydrogens is 611 g/mol. The van der Waals surface area contributed by atoms with Crippen LogP contribution in [-0.2, 0) is 25.7 Å². The normalized spacial score (nSPS) is 23.3. The molecule has 3 saturated heterocycles. The first-order chi connectivity index (χ1) is 24.7. The number of piperazine rings is 2. The summed E-state index contributed by atoms with van der Waals surface area (Å²) >= 11 is 0. The Kier molecular flexibility index (Phi) is 12.5. The van der Waals surface area contributed by atoms with Crippen LogP contribution >= 0.6 is 0 Å². The van der Waals surface area contributed by atoms with E-state index in [1.165, 1.54) is 53.7 Å². The van der Waals surface area contributed by atoms with E-state index in [2.05, 4.69) is 147 Å². The minimum absolute atomic E-state index is 0.512. The summed E-state index contributed by atoms with van der Waals surface area (Å²) in [4.78, 5) is 11.4. The summed E-state index contributed by atoms with van der Waals surface area (Å²) in [6.07, 6.45) is 7.13. The van der Waals surface area contributed by atoms with E-state index in [1.807, 2.05) is 0 Å². The van der Waals surface area contributed by atoms with Crippen molar-refractivity contribution in [3.8, 4) is 0 Å². The highest BCUT2D eigenvalue weighted by atomic mass is 15.3. The Labute approximate surface area is 302 Å². The molecule has 0 saturated carbocycles. The highest BCUT2D eigenvalue weighted by molar-refractivity contribution is 5.23. The van der Waals surface area contributed by atoms with Crippen molar-refractivity contribution in [2.24, 2.45) is 0 Å². The molecule has 0 aromatic heterocycles. The molecule has 3 fully saturated rings. The molecule has 7 rings (SSSR count). The van der Waals surface area contributed by atoms with Gasteiger partial charge in [0.25, 0.3) is 0 Å². The van der Waals surface area contributed by atoms with Crippen LogP contribution in [0, 0.1) is 6.92 Å². The molecule has 1 unspecified atom stereocenters. The van der Waals surface area contributed by atoms with Gasteiger partial charge in [-0.15, -0.1) is 0 Å². The number of benzene rings is 4. The zero-order valence-electron chi connectivity index (χ0n) is 30.4. The molecule has 3 heterocycles. The lowest BCUT2D eigenvalue weighted by atomic mass is 9.97. The van der Waals surface area contributed by atoms with Gasteiger partial charge in [0.05, 0.1) is 0 Å². The van der Waals surface area contributed by atoms with Gasteiger partial charge in [-0.2, -0.15) is 0 Å². The van der Waals surface area contributed by atoms with E-state index in [0.29, 0.717) is 24.2 Å². The molecular formula is C45H59N5. The molecule has 0 aliphatic carbocycles. The molecule has 264 valence electrons. The van der Waals surface area contributed by atoms with Gasteiger partial charge in [0.2, 0.25) is 0 Å². The van der Waals surface area contributed by atoms with E-state index in [1.54, 1.807) is 0 Å². The highest BCUT2D eigenvalue weighted by Crippen LogP contribution is 2.25. The zero-order valence-corrected chi connectivity index (χ0v) is 30.4. The summed E-state index contributed by atoms with van der Waals surface area (Å²) in [6.45, 7) is 13.7. The third-order valence-electron chi connectivity index (χ3n) is 11.7. The van der Waals surface area contributed by atoms with Crippen LogP contribution in [0.1, 0.15) is 40.7 Å². The van der Waals surface area contributed by atoms with Gasteiger partial charge in [-0.1, -0.05) is 121 Å². The minimum atomic E-state index is 0.512. The SMILES string of the molecule is Cc1cccc(CCN2CCN([C@@H](Cc3ccccc3)CN3CCCC3CN3CCNC[C@@H]3Cc3ccccc3)C[C@@H]2Cc2ccccc2)c1. The number of nitrogens with one attached hydrogen (secondary N) is 1. The first-order valence-corrected chi connectivity index (χ1v) is 19.5. The van der Waals surface area contributed by atoms with Gasteiger partial charge in [-0.25, -0.2) is 0 Å². The van der Waals surface area contributed by atoms with Gasteiger partial charge >= 0.3 is 0 Å². The van der Waals surface area contributed by atoms with E-state index in [9.17, 15) is 0 Å². The summed E-state index contributed by atoms with van der Waals surface area (Å²) in [7, 11) is 0. The molecule has 3 aliphatic rings. The van der Waals surface area contributed by atoms with E-state index in [0.717, 1.165) is 78.0 Å². The quantitative estimate of drug-likeness (QED) is 0.169. The monoisotopic (exact) mass is 669 g/mol. The van der Waals surface area contributed by atoms with Gasteiger partial charge in [-0.05, 0) is 74.2 Å². The Bertz CT molecular complexity index is 1560. The maximum Gasteiger partial charge on any atom is 0.0264 e. The molecule has 3 aliphatic heterocycles. The van der Waals surface area contributed by atoms with E-state index in [-0.39, 0.29) is 0 Å². The maximum atomic E-state index is 3.70. The number of likely N-dealkylation sites (tertiary alicyclic amines) is 1. The smallest absolute Gasteiger partial charge is 0.0264 e. The van der Waals surface area contributed by atoms with Crippen LogP contribution in [0.3, 0.4) is 0 Å². The average molecular weight is 670 g/mol. The molecule has 4 atom stereocenters. The standard InChI is InChI=1S/C45H59N5/c1-37-13-11-20-41(29-37)22-25-47-27-28-50(35-44(47)31-39-16-7-3-8-17-39)45(32-40-18-9-4-10-19-40)36-48-24-12-21-42(48)34-49-26-23-46-33-43(49)30-38-14-5-2-6-15-38/h2-11,13-20,29,42-46H,12,21-28,30-36H2,1H3/t42?,43-,44-,45-/m0/s1. The molecule has 0 bridgehead atoms. The third kappa shape index (κ3) is 9.71. The Morgan fingerprint density at radius 2 is 1.32 bits per heavy atom. The fourth-order valence-electron chi connectivity index (χ4n) is 8.97. The molecule has 0 spiro atoms. The molecule has 1 N–H and O–H groups in total. The predicted molar refractivity (Wildman–Crippen MR) is 209 cm³/mol. The van der Waals surface area contributed by atoms with Crippen molar-refractivity contribution in [3.63, 3.8) is 0 Å². The average Bonchev–Trinajstić information content (AvgIpc) is 3.59. The van der Waals surface area contributed by atoms with Crippen LogP contribution in [0.25, 0.3) is 0 Å². The summed E-state index contributed by atoms with van der Waals surface area (Å²) in [6, 6.07) is 45.0. The third-order valence-corrected chi connectivity index (χ3v) is 11.7. The van der Waals surface area contributed by atoms with Crippen LogP contribution < -0.4 is 5.32 Å². The van der Waals surface area contributed by atoms with Crippen molar-refractivity contribution < 1.29 is 0 Å². The van der Waals surface area contributed by atoms with Crippen LogP contribution in [-0.4, -0.2) is 109 Å². The van der Waals surface area contributed by atoms with Crippen molar-refractivity contribution in [2.75, 3.05) is 65.4 Å². The second kappa shape index (κ2) is 17.7. The Morgan fingerprint density at radius 3 is 2.04 bits per heavy atom. The maximum absolute atomic E-state index is 3.70. The summed E-state index contributed by atoms with van der Waals surface area (Å²) in [5.74, 6) is 0. The van der Waals surface area contributed by atoms with E-state index < -0.39 is 0 Å². The minimum Gasteiger partial charge on any atom is -0.314 e. The lowest BCUT2D eigenvalue weighted by Gasteiger charge is -2.46. The summed E-state index contributed by atoms with van der Waals surface area (Å²) < 4.78 is 0. The molecule has 0 amide bonds. The number of rotatable bonds is 14. The summed E-state index contributed by atoms with van der Waals surface area (Å²) in [5.41, 5.74) is 7.21. The fourth-order valence-corrected chi connectivity index (χ4v) is 8.97. The van der Waals surface area contributed by atoms with E-state index in [4.69, 9.17) is 0 Å². The zero-order chi connectivity index (χ0) is 34.0. The van der Waals surface area contributed by atoms with Crippen LogP contribution in [0.2, 0.25) is 0 Å². The molecule has 5 nitrogen and oxygen atoms in total. The van der Waals surface area contributed by atoms with Crippen LogP contribution in [0.4, 0.5) is 0 Å². The van der Waals surface area contributed by atoms with Crippen molar-refractivity contribution in [3.05, 3.63) is 143 Å². The fraction of sp³-hybridized carbons (Fsp3) is 0.467. The predicted octanol–water partition coefficient (Wildman–Crippen LogP) is 6.36. The molecule has 5 heteroatoms. The number of hydrogen-bond donors (Lipinski definition) is 1. The highest BCUT2D eigenvalue weighted by Gasteiger charge is 2.35. The largest absolute Gasteiger partial charge is 0.314 e.